The van der Waals surface area contributed by atoms with Crippen LogP contribution in [-0.4, -0.2) is 28.5 Å². The van der Waals surface area contributed by atoms with Gasteiger partial charge in [0.2, 0.25) is 5.91 Å². The lowest BCUT2D eigenvalue weighted by molar-refractivity contribution is -0.137. The second kappa shape index (κ2) is 6.07. The number of aromatic nitrogens is 1. The Morgan fingerprint density at radius 3 is 2.22 bits per heavy atom. The molecule has 0 unspecified atom stereocenters. The van der Waals surface area contributed by atoms with Crippen LogP contribution in [0.3, 0.4) is 0 Å². The third kappa shape index (κ3) is 2.77. The van der Waals surface area contributed by atoms with Crippen molar-refractivity contribution in [3.8, 4) is 0 Å². The van der Waals surface area contributed by atoms with Gasteiger partial charge in [0.15, 0.2) is 0 Å². The normalized spacial score (nSPS) is 17.4. The van der Waals surface area contributed by atoms with Crippen molar-refractivity contribution in [3.05, 3.63) is 24.5 Å². The third-order valence-electron chi connectivity index (χ3n) is 4.16. The van der Waals surface area contributed by atoms with Crippen LogP contribution < -0.4 is 0 Å². The summed E-state index contributed by atoms with van der Waals surface area (Å²) in [4.78, 5) is 14.3. The van der Waals surface area contributed by atoms with E-state index in [1.807, 2.05) is 0 Å². The molecule has 1 aromatic rings. The minimum atomic E-state index is 0.230. The monoisotopic (exact) mass is 248 g/mol. The van der Waals surface area contributed by atoms with Crippen LogP contribution in [-0.2, 0) is 4.79 Å². The van der Waals surface area contributed by atoms with Crippen LogP contribution >= 0.6 is 0 Å². The average molecular weight is 248 g/mol. The van der Waals surface area contributed by atoms with Crippen LogP contribution in [0.4, 0.5) is 0 Å². The smallest absolute Gasteiger partial charge is 0.225 e. The van der Waals surface area contributed by atoms with Crippen LogP contribution in [0.2, 0.25) is 0 Å². The first-order chi connectivity index (χ1) is 8.76. The van der Waals surface area contributed by atoms with Gasteiger partial charge in [-0.05, 0) is 37.8 Å². The Hall–Kier alpha value is -1.25. The topological polar surface area (TPSA) is 25.2 Å². The fourth-order valence-corrected chi connectivity index (χ4v) is 2.87. The van der Waals surface area contributed by atoms with Crippen LogP contribution in [0, 0.1) is 5.92 Å². The number of hydrogen-bond acceptors (Lipinski definition) is 1. The predicted octanol–water partition coefficient (Wildman–Crippen LogP) is 3.09. The summed E-state index contributed by atoms with van der Waals surface area (Å²) in [5, 5.41) is 0. The summed E-state index contributed by atoms with van der Waals surface area (Å²) in [5.41, 5.74) is 0. The number of carbonyl (C=O) groups excluding carboxylic acids is 1. The standard InChI is InChI=1S/C15H24N2O/c1-3-13(4-2)15(18)17-11-7-14(8-12-17)16-9-5-6-10-16/h5-6,9-10,13-14H,3-4,7-8,11-12H2,1-2H3. The van der Waals surface area contributed by atoms with E-state index in [1.54, 1.807) is 0 Å². The van der Waals surface area contributed by atoms with Gasteiger partial charge in [-0.3, -0.25) is 4.79 Å². The molecule has 1 fully saturated rings. The Kier molecular flexibility index (Phi) is 4.45. The molecule has 0 aromatic carbocycles. The summed E-state index contributed by atoms with van der Waals surface area (Å²) in [5.74, 6) is 0.596. The van der Waals surface area contributed by atoms with Gasteiger partial charge >= 0.3 is 0 Å². The maximum Gasteiger partial charge on any atom is 0.225 e. The van der Waals surface area contributed by atoms with E-state index in [2.05, 4.69) is 47.8 Å². The number of nitrogens with zero attached hydrogens (tertiary/aromatic N) is 2. The molecule has 2 heterocycles. The fraction of sp³-hybridized carbons (Fsp3) is 0.667. The van der Waals surface area contributed by atoms with Crippen molar-refractivity contribution < 1.29 is 4.79 Å². The Balaban J connectivity index is 1.88. The van der Waals surface area contributed by atoms with Crippen molar-refractivity contribution in [2.75, 3.05) is 13.1 Å². The molecule has 0 aliphatic carbocycles. The first-order valence-corrected chi connectivity index (χ1v) is 7.17. The summed E-state index contributed by atoms with van der Waals surface area (Å²) in [7, 11) is 0. The van der Waals surface area contributed by atoms with Gasteiger partial charge in [-0.15, -0.1) is 0 Å². The Labute approximate surface area is 110 Å². The summed E-state index contributed by atoms with van der Waals surface area (Å²) in [6.07, 6.45) is 8.35. The first-order valence-electron chi connectivity index (χ1n) is 7.17. The van der Waals surface area contributed by atoms with Crippen molar-refractivity contribution >= 4 is 5.91 Å². The molecule has 3 heteroatoms. The molecule has 100 valence electrons. The van der Waals surface area contributed by atoms with Gasteiger partial charge in [-0.2, -0.15) is 0 Å². The van der Waals surface area contributed by atoms with Gasteiger partial charge in [0.1, 0.15) is 0 Å². The maximum atomic E-state index is 12.3. The lowest BCUT2D eigenvalue weighted by Gasteiger charge is -2.34. The summed E-state index contributed by atoms with van der Waals surface area (Å²) >= 11 is 0. The number of likely N-dealkylation sites (tertiary alicyclic amines) is 1. The number of rotatable bonds is 4. The predicted molar refractivity (Wildman–Crippen MR) is 73.4 cm³/mol. The van der Waals surface area contributed by atoms with Gasteiger partial charge < -0.3 is 9.47 Å². The molecule has 0 bridgehead atoms. The highest BCUT2D eigenvalue weighted by Crippen LogP contribution is 2.24. The Morgan fingerprint density at radius 1 is 1.17 bits per heavy atom. The SMILES string of the molecule is CCC(CC)C(=O)N1CCC(n2cccc2)CC1. The minimum absolute atomic E-state index is 0.230. The molecule has 1 saturated heterocycles. The Bertz CT molecular complexity index is 360. The number of amides is 1. The second-order valence-corrected chi connectivity index (χ2v) is 5.20. The Morgan fingerprint density at radius 2 is 1.72 bits per heavy atom. The molecular weight excluding hydrogens is 224 g/mol. The van der Waals surface area contributed by atoms with Crippen LogP contribution in [0.5, 0.6) is 0 Å². The molecule has 18 heavy (non-hydrogen) atoms. The zero-order valence-electron chi connectivity index (χ0n) is 11.5. The van der Waals surface area contributed by atoms with Gasteiger partial charge in [0.05, 0.1) is 0 Å². The number of piperidine rings is 1. The highest BCUT2D eigenvalue weighted by Gasteiger charge is 2.26. The van der Waals surface area contributed by atoms with E-state index in [0.29, 0.717) is 11.9 Å². The molecule has 0 saturated carbocycles. The van der Waals surface area contributed by atoms with Crippen molar-refractivity contribution in [1.82, 2.24) is 9.47 Å². The van der Waals surface area contributed by atoms with Gasteiger partial charge in [0, 0.05) is 37.4 Å². The summed E-state index contributed by atoms with van der Waals surface area (Å²) in [6, 6.07) is 4.72. The first kappa shape index (κ1) is 13.2. The zero-order valence-corrected chi connectivity index (χ0v) is 11.5. The van der Waals surface area contributed by atoms with Crippen molar-refractivity contribution in [2.45, 2.75) is 45.6 Å². The fourth-order valence-electron chi connectivity index (χ4n) is 2.87. The molecule has 2 rings (SSSR count). The molecule has 1 aromatic heterocycles. The highest BCUT2D eigenvalue weighted by atomic mass is 16.2. The molecule has 0 atom stereocenters. The molecule has 1 aliphatic heterocycles. The van der Waals surface area contributed by atoms with Crippen molar-refractivity contribution in [3.63, 3.8) is 0 Å². The lowest BCUT2D eigenvalue weighted by Crippen LogP contribution is -2.41. The number of hydrogen-bond donors (Lipinski definition) is 0. The molecule has 0 spiro atoms. The lowest BCUT2D eigenvalue weighted by atomic mass is 9.98. The second-order valence-electron chi connectivity index (χ2n) is 5.20. The molecular formula is C15H24N2O. The molecule has 1 amide bonds. The third-order valence-corrected chi connectivity index (χ3v) is 4.16. The zero-order chi connectivity index (χ0) is 13.0. The van der Waals surface area contributed by atoms with E-state index in [1.165, 1.54) is 0 Å². The van der Waals surface area contributed by atoms with Gasteiger partial charge in [-0.25, -0.2) is 0 Å². The van der Waals surface area contributed by atoms with Crippen LogP contribution in [0.1, 0.15) is 45.6 Å². The average Bonchev–Trinajstić information content (AvgIpc) is 2.94. The highest BCUT2D eigenvalue weighted by molar-refractivity contribution is 5.78. The van der Waals surface area contributed by atoms with Crippen LogP contribution in [0.15, 0.2) is 24.5 Å². The van der Waals surface area contributed by atoms with E-state index in [0.717, 1.165) is 38.8 Å². The quantitative estimate of drug-likeness (QED) is 0.804. The van der Waals surface area contributed by atoms with E-state index in [9.17, 15) is 4.79 Å². The molecule has 3 nitrogen and oxygen atoms in total. The van der Waals surface area contributed by atoms with E-state index < -0.39 is 0 Å². The maximum absolute atomic E-state index is 12.3. The van der Waals surface area contributed by atoms with Gasteiger partial charge in [-0.1, -0.05) is 13.8 Å². The number of carbonyl (C=O) groups is 1. The van der Waals surface area contributed by atoms with Crippen molar-refractivity contribution in [1.29, 1.82) is 0 Å². The summed E-state index contributed by atoms with van der Waals surface area (Å²) < 4.78 is 2.28. The van der Waals surface area contributed by atoms with E-state index in [4.69, 9.17) is 0 Å². The van der Waals surface area contributed by atoms with E-state index in [-0.39, 0.29) is 5.92 Å². The van der Waals surface area contributed by atoms with Crippen LogP contribution in [0.25, 0.3) is 0 Å². The molecule has 0 radical (unpaired) electrons. The summed E-state index contributed by atoms with van der Waals surface area (Å²) in [6.45, 7) is 6.05. The molecule has 0 N–H and O–H groups in total. The molecule has 1 aliphatic rings. The van der Waals surface area contributed by atoms with E-state index >= 15 is 0 Å². The van der Waals surface area contributed by atoms with Crippen molar-refractivity contribution in [2.24, 2.45) is 5.92 Å². The minimum Gasteiger partial charge on any atom is -0.351 e. The van der Waals surface area contributed by atoms with Gasteiger partial charge in [0.25, 0.3) is 0 Å². The largest absolute Gasteiger partial charge is 0.351 e.